The smallest absolute Gasteiger partial charge is 0.248 e. The minimum Gasteiger partial charge on any atom is -0.465 e. The summed E-state index contributed by atoms with van der Waals surface area (Å²) in [6.45, 7) is 2.06. The van der Waals surface area contributed by atoms with Crippen molar-refractivity contribution >= 4 is 17.7 Å². The molecule has 1 aromatic heterocycles. The number of rotatable bonds is 4. The summed E-state index contributed by atoms with van der Waals surface area (Å²) in [5.74, 6) is 0.501. The number of amides is 1. The lowest BCUT2D eigenvalue weighted by Gasteiger charge is -2.07. The lowest BCUT2D eigenvalue weighted by Crippen LogP contribution is -2.09. The summed E-state index contributed by atoms with van der Waals surface area (Å²) < 4.78 is 5.11. The van der Waals surface area contributed by atoms with E-state index in [0.29, 0.717) is 5.76 Å². The third-order valence-corrected chi connectivity index (χ3v) is 2.60. The van der Waals surface area contributed by atoms with E-state index in [-0.39, 0.29) is 5.91 Å². The number of para-hydroxylation sites is 1. The van der Waals surface area contributed by atoms with Gasteiger partial charge >= 0.3 is 0 Å². The van der Waals surface area contributed by atoms with Gasteiger partial charge in [-0.1, -0.05) is 25.1 Å². The van der Waals surface area contributed by atoms with Gasteiger partial charge in [-0.25, -0.2) is 0 Å². The number of carbonyl (C=O) groups is 1. The van der Waals surface area contributed by atoms with Gasteiger partial charge < -0.3 is 9.73 Å². The van der Waals surface area contributed by atoms with Gasteiger partial charge in [-0.2, -0.15) is 0 Å². The van der Waals surface area contributed by atoms with Crippen LogP contribution in [0, 0.1) is 0 Å². The molecule has 0 spiro atoms. The van der Waals surface area contributed by atoms with Gasteiger partial charge in [-0.3, -0.25) is 4.79 Å². The Morgan fingerprint density at radius 3 is 2.83 bits per heavy atom. The molecule has 0 unspecified atom stereocenters. The fourth-order valence-electron chi connectivity index (χ4n) is 1.67. The first kappa shape index (κ1) is 12.2. The van der Waals surface area contributed by atoms with Gasteiger partial charge in [0.2, 0.25) is 5.91 Å². The third-order valence-electron chi connectivity index (χ3n) is 2.60. The summed E-state index contributed by atoms with van der Waals surface area (Å²) >= 11 is 0. The fraction of sp³-hybridized carbons (Fsp3) is 0.133. The third kappa shape index (κ3) is 3.10. The fourth-order valence-corrected chi connectivity index (χ4v) is 1.67. The minimum absolute atomic E-state index is 0.160. The number of nitrogens with one attached hydrogen (secondary N) is 1. The average molecular weight is 241 g/mol. The lowest BCUT2D eigenvalue weighted by atomic mass is 10.1. The second kappa shape index (κ2) is 5.87. The molecule has 2 rings (SSSR count). The van der Waals surface area contributed by atoms with Crippen LogP contribution < -0.4 is 5.32 Å². The molecule has 3 heteroatoms. The summed E-state index contributed by atoms with van der Waals surface area (Å²) in [5, 5.41) is 2.86. The molecule has 0 aliphatic carbocycles. The van der Waals surface area contributed by atoms with E-state index in [4.69, 9.17) is 4.42 Å². The van der Waals surface area contributed by atoms with Gasteiger partial charge in [-0.05, 0) is 36.3 Å². The number of hydrogen-bond donors (Lipinski definition) is 1. The number of anilines is 1. The number of aryl methyl sites for hydroxylation is 1. The monoisotopic (exact) mass is 241 g/mol. The van der Waals surface area contributed by atoms with E-state index in [1.54, 1.807) is 24.5 Å². The van der Waals surface area contributed by atoms with Crippen molar-refractivity contribution in [2.45, 2.75) is 13.3 Å². The van der Waals surface area contributed by atoms with E-state index < -0.39 is 0 Å². The lowest BCUT2D eigenvalue weighted by molar-refractivity contribution is -0.111. The molecule has 0 radical (unpaired) electrons. The molecule has 0 saturated heterocycles. The first-order valence-electron chi connectivity index (χ1n) is 5.90. The maximum atomic E-state index is 11.7. The largest absolute Gasteiger partial charge is 0.465 e. The van der Waals surface area contributed by atoms with Crippen LogP contribution in [0.25, 0.3) is 6.08 Å². The molecule has 0 aliphatic heterocycles. The second-order valence-electron chi connectivity index (χ2n) is 3.85. The first-order valence-corrected chi connectivity index (χ1v) is 5.90. The molecular weight excluding hydrogens is 226 g/mol. The van der Waals surface area contributed by atoms with Crippen LogP contribution in [0.3, 0.4) is 0 Å². The van der Waals surface area contributed by atoms with Crippen LogP contribution in [-0.2, 0) is 11.2 Å². The zero-order valence-electron chi connectivity index (χ0n) is 10.2. The predicted octanol–water partition coefficient (Wildman–Crippen LogP) is 3.49. The van der Waals surface area contributed by atoms with E-state index in [2.05, 4.69) is 12.2 Å². The molecular formula is C15H15NO2. The molecule has 0 bridgehead atoms. The highest BCUT2D eigenvalue weighted by molar-refractivity contribution is 6.02. The zero-order valence-corrected chi connectivity index (χ0v) is 10.2. The van der Waals surface area contributed by atoms with E-state index >= 15 is 0 Å². The summed E-state index contributed by atoms with van der Waals surface area (Å²) in [6, 6.07) is 11.4. The van der Waals surface area contributed by atoms with E-state index in [1.165, 1.54) is 6.08 Å². The summed E-state index contributed by atoms with van der Waals surface area (Å²) in [5.41, 5.74) is 1.98. The molecule has 0 fully saturated rings. The highest BCUT2D eigenvalue weighted by Crippen LogP contribution is 2.15. The van der Waals surface area contributed by atoms with Crippen LogP contribution in [0.5, 0.6) is 0 Å². The van der Waals surface area contributed by atoms with Crippen molar-refractivity contribution in [3.63, 3.8) is 0 Å². The average Bonchev–Trinajstić information content (AvgIpc) is 2.90. The highest BCUT2D eigenvalue weighted by Gasteiger charge is 2.02. The molecule has 92 valence electrons. The van der Waals surface area contributed by atoms with Crippen LogP contribution in [0.15, 0.2) is 53.2 Å². The molecule has 1 heterocycles. The van der Waals surface area contributed by atoms with Crippen LogP contribution in [0.1, 0.15) is 18.2 Å². The Morgan fingerprint density at radius 1 is 1.28 bits per heavy atom. The van der Waals surface area contributed by atoms with Crippen molar-refractivity contribution < 1.29 is 9.21 Å². The maximum absolute atomic E-state index is 11.7. The molecule has 1 amide bonds. The highest BCUT2D eigenvalue weighted by atomic mass is 16.3. The van der Waals surface area contributed by atoms with Crippen molar-refractivity contribution in [3.8, 4) is 0 Å². The number of carbonyl (C=O) groups excluding carboxylic acids is 1. The Morgan fingerprint density at radius 2 is 2.11 bits per heavy atom. The van der Waals surface area contributed by atoms with Crippen molar-refractivity contribution in [3.05, 3.63) is 60.1 Å². The minimum atomic E-state index is -0.160. The van der Waals surface area contributed by atoms with E-state index in [9.17, 15) is 4.79 Å². The summed E-state index contributed by atoms with van der Waals surface area (Å²) in [4.78, 5) is 11.7. The Bertz CT molecular complexity index is 541. The Balaban J connectivity index is 2.03. The second-order valence-corrected chi connectivity index (χ2v) is 3.85. The molecule has 18 heavy (non-hydrogen) atoms. The Labute approximate surface area is 106 Å². The molecule has 1 N–H and O–H groups in total. The number of hydrogen-bond acceptors (Lipinski definition) is 2. The molecule has 3 nitrogen and oxygen atoms in total. The predicted molar refractivity (Wildman–Crippen MR) is 72.2 cm³/mol. The molecule has 0 saturated carbocycles. The van der Waals surface area contributed by atoms with Gasteiger partial charge in [0.25, 0.3) is 0 Å². The van der Waals surface area contributed by atoms with Crippen molar-refractivity contribution in [1.29, 1.82) is 0 Å². The van der Waals surface area contributed by atoms with Crippen molar-refractivity contribution in [2.75, 3.05) is 5.32 Å². The van der Waals surface area contributed by atoms with Crippen LogP contribution in [0.2, 0.25) is 0 Å². The molecule has 0 aliphatic rings. The van der Waals surface area contributed by atoms with Crippen LogP contribution in [-0.4, -0.2) is 5.91 Å². The first-order chi connectivity index (χ1) is 8.79. The maximum Gasteiger partial charge on any atom is 0.248 e. The quantitative estimate of drug-likeness (QED) is 0.832. The van der Waals surface area contributed by atoms with Gasteiger partial charge in [0.05, 0.1) is 6.26 Å². The van der Waals surface area contributed by atoms with Crippen molar-refractivity contribution in [2.24, 2.45) is 0 Å². The van der Waals surface area contributed by atoms with E-state index in [0.717, 1.165) is 17.7 Å². The van der Waals surface area contributed by atoms with Gasteiger partial charge in [0.15, 0.2) is 0 Å². The van der Waals surface area contributed by atoms with E-state index in [1.807, 2.05) is 24.3 Å². The molecule has 1 aromatic carbocycles. The van der Waals surface area contributed by atoms with Crippen LogP contribution >= 0.6 is 0 Å². The Hall–Kier alpha value is -2.29. The topological polar surface area (TPSA) is 42.2 Å². The number of benzene rings is 1. The SMILES string of the molecule is CCc1ccccc1NC(=O)C=Cc1ccco1. The molecule has 2 aromatic rings. The van der Waals surface area contributed by atoms with Crippen molar-refractivity contribution in [1.82, 2.24) is 0 Å². The summed E-state index contributed by atoms with van der Waals surface area (Å²) in [6.07, 6.45) is 5.57. The molecule has 0 atom stereocenters. The number of furan rings is 1. The normalized spacial score (nSPS) is 10.7. The summed E-state index contributed by atoms with van der Waals surface area (Å²) in [7, 11) is 0. The Kier molecular flexibility index (Phi) is 3.97. The zero-order chi connectivity index (χ0) is 12.8. The van der Waals surface area contributed by atoms with Crippen LogP contribution in [0.4, 0.5) is 5.69 Å². The van der Waals surface area contributed by atoms with Gasteiger partial charge in [0, 0.05) is 11.8 Å². The van der Waals surface area contributed by atoms with Gasteiger partial charge in [0.1, 0.15) is 5.76 Å². The standard InChI is InChI=1S/C15H15NO2/c1-2-12-6-3-4-8-14(12)16-15(17)10-9-13-7-5-11-18-13/h3-11H,2H2,1H3,(H,16,17). The van der Waals surface area contributed by atoms with Gasteiger partial charge in [-0.15, -0.1) is 0 Å².